The first-order valence-electron chi connectivity index (χ1n) is 11.7. The second kappa shape index (κ2) is 10.4. The van der Waals surface area contributed by atoms with Crippen LogP contribution in [0.2, 0.25) is 0 Å². The fraction of sp³-hybridized carbons (Fsp3) is 0.400. The number of nitrogens with one attached hydrogen (secondary N) is 2. The summed E-state index contributed by atoms with van der Waals surface area (Å²) >= 11 is 1.44. The zero-order valence-corrected chi connectivity index (χ0v) is 20.3. The molecule has 0 unspecified atom stereocenters. The number of likely N-dealkylation sites (tertiary alicyclic amines) is 1. The summed E-state index contributed by atoms with van der Waals surface area (Å²) in [7, 11) is 1.59. The molecule has 1 saturated heterocycles. The molecular formula is C25H28FN5O3S. The van der Waals surface area contributed by atoms with E-state index in [-0.39, 0.29) is 17.8 Å². The Labute approximate surface area is 207 Å². The minimum absolute atomic E-state index is 0.0176. The van der Waals surface area contributed by atoms with Crippen LogP contribution in [0.5, 0.6) is 5.75 Å². The van der Waals surface area contributed by atoms with Crippen LogP contribution in [0.15, 0.2) is 41.7 Å². The average Bonchev–Trinajstić information content (AvgIpc) is 2.87. The van der Waals surface area contributed by atoms with E-state index in [0.29, 0.717) is 43.1 Å². The van der Waals surface area contributed by atoms with Crippen LogP contribution in [-0.4, -0.2) is 70.5 Å². The minimum atomic E-state index is -0.538. The van der Waals surface area contributed by atoms with Gasteiger partial charge < -0.3 is 25.4 Å². The molecule has 8 nitrogen and oxygen atoms in total. The van der Waals surface area contributed by atoms with E-state index in [0.717, 1.165) is 40.1 Å². The fourth-order valence-corrected chi connectivity index (χ4v) is 5.39. The molecule has 2 aromatic heterocycles. The average molecular weight is 498 g/mol. The normalized spacial score (nSPS) is 20.5. The van der Waals surface area contributed by atoms with E-state index in [2.05, 4.69) is 25.5 Å². The molecule has 3 N–H and O–H groups in total. The number of ether oxygens (including phenoxy) is 1. The highest BCUT2D eigenvalue weighted by molar-refractivity contribution is 8.00. The monoisotopic (exact) mass is 497 g/mol. The van der Waals surface area contributed by atoms with Gasteiger partial charge in [0, 0.05) is 42.8 Å². The van der Waals surface area contributed by atoms with Crippen molar-refractivity contribution < 1.29 is 19.0 Å². The lowest BCUT2D eigenvalue weighted by molar-refractivity contribution is -0.113. The number of piperidine rings is 1. The van der Waals surface area contributed by atoms with Crippen LogP contribution >= 0.6 is 11.8 Å². The number of pyridine rings is 2. The van der Waals surface area contributed by atoms with Crippen molar-refractivity contribution in [3.63, 3.8) is 0 Å². The number of rotatable bonds is 7. The van der Waals surface area contributed by atoms with Crippen LogP contribution in [-0.2, 0) is 17.8 Å². The number of carbonyl (C=O) groups is 1. The number of carbonyl (C=O) groups excluding carboxylic acids is 1. The quantitative estimate of drug-likeness (QED) is 0.458. The van der Waals surface area contributed by atoms with Crippen molar-refractivity contribution in [3.8, 4) is 5.75 Å². The van der Waals surface area contributed by atoms with E-state index >= 15 is 0 Å². The Balaban J connectivity index is 1.16. The van der Waals surface area contributed by atoms with Gasteiger partial charge in [-0.15, -0.1) is 0 Å². The van der Waals surface area contributed by atoms with Crippen molar-refractivity contribution in [2.45, 2.75) is 36.6 Å². The molecule has 2 aliphatic rings. The van der Waals surface area contributed by atoms with Crippen LogP contribution in [0.3, 0.4) is 0 Å². The van der Waals surface area contributed by atoms with E-state index in [9.17, 15) is 14.3 Å². The molecule has 0 aliphatic carbocycles. The van der Waals surface area contributed by atoms with E-state index in [4.69, 9.17) is 4.74 Å². The van der Waals surface area contributed by atoms with Crippen molar-refractivity contribution in [1.82, 2.24) is 20.2 Å². The molecule has 184 valence electrons. The molecule has 10 heteroatoms. The number of methoxy groups -OCH3 is 1. The predicted molar refractivity (Wildman–Crippen MR) is 133 cm³/mol. The Hall–Kier alpha value is -2.79. The van der Waals surface area contributed by atoms with Crippen molar-refractivity contribution >= 4 is 34.3 Å². The maximum Gasteiger partial charge on any atom is 0.234 e. The van der Waals surface area contributed by atoms with Crippen LogP contribution in [0.1, 0.15) is 17.5 Å². The number of benzene rings is 1. The van der Waals surface area contributed by atoms with Crippen LogP contribution in [0.25, 0.3) is 10.9 Å². The second-order valence-electron chi connectivity index (χ2n) is 8.89. The van der Waals surface area contributed by atoms with E-state index < -0.39 is 6.10 Å². The zero-order valence-electron chi connectivity index (χ0n) is 19.5. The third kappa shape index (κ3) is 5.40. The number of aromatic nitrogens is 2. The Bertz CT molecular complexity index is 1240. The topological polar surface area (TPSA) is 99.6 Å². The summed E-state index contributed by atoms with van der Waals surface area (Å²) < 4.78 is 19.9. The number of anilines is 1. The SMILES string of the molecule is COc1ccc2ncc(F)c(CCN3CC[C@H](NCc4cnc5c(c4)NC(=O)CS5)[C@H](O)C3)c2c1. The lowest BCUT2D eigenvalue weighted by Gasteiger charge is -2.36. The molecule has 1 aromatic carbocycles. The predicted octanol–water partition coefficient (Wildman–Crippen LogP) is 2.59. The van der Waals surface area contributed by atoms with Crippen molar-refractivity contribution in [1.29, 1.82) is 0 Å². The molecule has 0 radical (unpaired) electrons. The number of nitrogens with zero attached hydrogens (tertiary/aromatic N) is 3. The maximum absolute atomic E-state index is 14.6. The minimum Gasteiger partial charge on any atom is -0.497 e. The molecule has 0 saturated carbocycles. The number of hydrogen-bond acceptors (Lipinski definition) is 8. The number of hydrogen-bond donors (Lipinski definition) is 3. The van der Waals surface area contributed by atoms with Gasteiger partial charge in [-0.1, -0.05) is 11.8 Å². The summed E-state index contributed by atoms with van der Waals surface area (Å²) in [5, 5.41) is 18.6. The number of fused-ring (bicyclic) bond motifs is 2. The van der Waals surface area contributed by atoms with Gasteiger partial charge in [-0.3, -0.25) is 9.78 Å². The van der Waals surface area contributed by atoms with Crippen LogP contribution in [0, 0.1) is 5.82 Å². The molecule has 2 atom stereocenters. The molecule has 35 heavy (non-hydrogen) atoms. The number of aliphatic hydroxyl groups is 1. The summed E-state index contributed by atoms with van der Waals surface area (Å²) in [5.41, 5.74) is 3.06. The smallest absolute Gasteiger partial charge is 0.234 e. The number of aliphatic hydroxyl groups excluding tert-OH is 1. The highest BCUT2D eigenvalue weighted by Gasteiger charge is 2.27. The number of amides is 1. The largest absolute Gasteiger partial charge is 0.497 e. The molecule has 1 fully saturated rings. The third-order valence-electron chi connectivity index (χ3n) is 6.57. The molecule has 0 bridgehead atoms. The molecule has 1 amide bonds. The van der Waals surface area contributed by atoms with E-state index in [1.807, 2.05) is 24.3 Å². The highest BCUT2D eigenvalue weighted by atomic mass is 32.2. The molecule has 3 aromatic rings. The first-order chi connectivity index (χ1) is 17.0. The second-order valence-corrected chi connectivity index (χ2v) is 9.86. The summed E-state index contributed by atoms with van der Waals surface area (Å²) in [5.74, 6) is 0.719. The van der Waals surface area contributed by atoms with Gasteiger partial charge in [-0.25, -0.2) is 9.37 Å². The summed E-state index contributed by atoms with van der Waals surface area (Å²) in [6, 6.07) is 7.37. The van der Waals surface area contributed by atoms with Gasteiger partial charge in [-0.05, 0) is 49.2 Å². The van der Waals surface area contributed by atoms with Gasteiger partial charge in [0.25, 0.3) is 0 Å². The van der Waals surface area contributed by atoms with Gasteiger partial charge in [0.15, 0.2) is 0 Å². The van der Waals surface area contributed by atoms with Gasteiger partial charge in [0.2, 0.25) is 5.91 Å². The number of halogens is 1. The zero-order chi connectivity index (χ0) is 24.4. The van der Waals surface area contributed by atoms with Crippen molar-refractivity contribution in [3.05, 3.63) is 53.6 Å². The standard InChI is InChI=1S/C25H28FN5O3S/c1-34-16-2-3-20-18(9-16)17(19(26)12-28-20)4-6-31-7-5-21(23(32)13-31)27-10-15-8-22-25(29-11-15)35-14-24(33)30-22/h2-3,8-9,11-12,21,23,27,32H,4-7,10,13-14H2,1H3,(H,30,33)/t21-,23+/m0/s1. The van der Waals surface area contributed by atoms with Crippen LogP contribution in [0.4, 0.5) is 10.1 Å². The molecular weight excluding hydrogens is 469 g/mol. The van der Waals surface area contributed by atoms with Crippen molar-refractivity contribution in [2.75, 3.05) is 37.8 Å². The molecule has 5 rings (SSSR count). The van der Waals surface area contributed by atoms with Gasteiger partial charge in [-0.2, -0.15) is 0 Å². The summed E-state index contributed by atoms with van der Waals surface area (Å²) in [6.45, 7) is 2.51. The number of thioether (sulfide) groups is 1. The van der Waals surface area contributed by atoms with Crippen LogP contribution < -0.4 is 15.4 Å². The van der Waals surface area contributed by atoms with Gasteiger partial charge >= 0.3 is 0 Å². The highest BCUT2D eigenvalue weighted by Crippen LogP contribution is 2.30. The Kier molecular flexibility index (Phi) is 7.14. The third-order valence-corrected chi connectivity index (χ3v) is 7.57. The summed E-state index contributed by atoms with van der Waals surface area (Å²) in [4.78, 5) is 22.4. The lowest BCUT2D eigenvalue weighted by Crippen LogP contribution is -2.52. The Morgan fingerprint density at radius 1 is 1.31 bits per heavy atom. The maximum atomic E-state index is 14.6. The van der Waals surface area contributed by atoms with E-state index in [1.54, 1.807) is 13.3 Å². The molecule has 2 aliphatic heterocycles. The first kappa shape index (κ1) is 23.9. The molecule has 4 heterocycles. The lowest BCUT2D eigenvalue weighted by atomic mass is 10.00. The van der Waals surface area contributed by atoms with Crippen molar-refractivity contribution in [2.24, 2.45) is 0 Å². The Morgan fingerprint density at radius 2 is 2.20 bits per heavy atom. The molecule has 0 spiro atoms. The Morgan fingerprint density at radius 3 is 3.03 bits per heavy atom. The van der Waals surface area contributed by atoms with E-state index in [1.165, 1.54) is 18.0 Å². The summed E-state index contributed by atoms with van der Waals surface area (Å²) in [6.07, 6.45) is 3.84. The number of β-amino-alcohol motifs (C(OH)–C–C–N with tert-alkyl or cyclic N) is 1. The van der Waals surface area contributed by atoms with Gasteiger partial charge in [0.05, 0.1) is 36.4 Å². The first-order valence-corrected chi connectivity index (χ1v) is 12.6. The fourth-order valence-electron chi connectivity index (χ4n) is 4.66. The van der Waals surface area contributed by atoms with Gasteiger partial charge in [0.1, 0.15) is 16.6 Å².